The number of carbonyl (C=O) groups is 1. The van der Waals surface area contributed by atoms with Gasteiger partial charge in [-0.15, -0.1) is 5.10 Å². The highest BCUT2D eigenvalue weighted by Crippen LogP contribution is 2.54. The zero-order chi connectivity index (χ0) is 22.2. The van der Waals surface area contributed by atoms with Crippen LogP contribution in [0.3, 0.4) is 0 Å². The van der Waals surface area contributed by atoms with Crippen LogP contribution >= 0.6 is 15.9 Å². The number of benzene rings is 1. The second-order valence-corrected chi connectivity index (χ2v) is 9.91. The van der Waals surface area contributed by atoms with Gasteiger partial charge in [-0.3, -0.25) is 4.79 Å². The highest BCUT2D eigenvalue weighted by atomic mass is 79.9. The van der Waals surface area contributed by atoms with Gasteiger partial charge in [0.05, 0.1) is 6.61 Å². The molecule has 4 heterocycles. The normalized spacial score (nSPS) is 37.7. The number of amides is 1. The Morgan fingerprint density at radius 2 is 1.81 bits per heavy atom. The molecule has 1 amide bonds. The first-order chi connectivity index (χ1) is 14.5. The fraction of sp³-hybridized carbons (Fsp3) is 0.619. The molecule has 0 radical (unpaired) electrons. The lowest BCUT2D eigenvalue weighted by Crippen LogP contribution is -2.76. The molecule has 3 unspecified atom stereocenters. The van der Waals surface area contributed by atoms with Crippen molar-refractivity contribution in [3.05, 3.63) is 34.3 Å². The second-order valence-electron chi connectivity index (χ2n) is 8.99. The van der Waals surface area contributed by atoms with Gasteiger partial charge in [0.1, 0.15) is 12.7 Å². The van der Waals surface area contributed by atoms with E-state index in [1.54, 1.807) is 13.8 Å². The summed E-state index contributed by atoms with van der Waals surface area (Å²) in [4.78, 5) is 12.9. The number of carbonyl (C=O) groups excluding carboxylic acids is 1. The molecule has 5 rings (SSSR count). The van der Waals surface area contributed by atoms with Crippen LogP contribution in [0.25, 0.3) is 0 Å². The smallest absolute Gasteiger partial charge is 0.291 e. The van der Waals surface area contributed by atoms with E-state index < -0.39 is 35.3 Å². The van der Waals surface area contributed by atoms with Crippen molar-refractivity contribution in [2.75, 3.05) is 13.2 Å². The third kappa shape index (κ3) is 3.15. The van der Waals surface area contributed by atoms with E-state index >= 15 is 0 Å². The van der Waals surface area contributed by atoms with Crippen LogP contribution in [-0.4, -0.2) is 65.3 Å². The van der Waals surface area contributed by atoms with Crippen LogP contribution in [0.15, 0.2) is 33.8 Å². The molecule has 10 heteroatoms. The minimum atomic E-state index is -1.58. The molecule has 168 valence electrons. The van der Waals surface area contributed by atoms with Gasteiger partial charge in [0.2, 0.25) is 11.8 Å². The van der Waals surface area contributed by atoms with Gasteiger partial charge < -0.3 is 28.4 Å². The highest BCUT2D eigenvalue weighted by molar-refractivity contribution is 9.10. The highest BCUT2D eigenvalue weighted by Gasteiger charge is 2.78. The number of hydrogen-bond acceptors (Lipinski definition) is 8. The van der Waals surface area contributed by atoms with Crippen LogP contribution in [0.4, 0.5) is 0 Å². The van der Waals surface area contributed by atoms with E-state index in [9.17, 15) is 4.79 Å². The van der Waals surface area contributed by atoms with Crippen LogP contribution in [-0.2, 0) is 33.2 Å². The van der Waals surface area contributed by atoms with Gasteiger partial charge >= 0.3 is 0 Å². The third-order valence-electron chi connectivity index (χ3n) is 5.76. The zero-order valence-electron chi connectivity index (χ0n) is 18.0. The van der Waals surface area contributed by atoms with Crippen molar-refractivity contribution in [3.8, 4) is 0 Å². The molecule has 1 aromatic rings. The van der Waals surface area contributed by atoms with E-state index in [4.69, 9.17) is 28.4 Å². The van der Waals surface area contributed by atoms with Crippen LogP contribution in [0.1, 0.15) is 40.2 Å². The van der Waals surface area contributed by atoms with Gasteiger partial charge in [0, 0.05) is 17.0 Å². The Labute approximate surface area is 188 Å². The number of halogens is 1. The molecule has 0 aliphatic carbocycles. The standard InChI is InChI=1S/C21H25BrN2O7/c1-12(25)24-21(30-17(23-24)13-6-8-14(22)9-7-13)16-15(28-19(4,5)29-16)10-26-20(21)11-27-18(2,3)31-20/h6-9,15-16H,10-11H2,1-5H3/t15?,16?,20?,21-/m0/s1. The minimum Gasteiger partial charge on any atom is -0.438 e. The summed E-state index contributed by atoms with van der Waals surface area (Å²) in [7, 11) is 0. The maximum Gasteiger partial charge on any atom is 0.291 e. The summed E-state index contributed by atoms with van der Waals surface area (Å²) in [5.74, 6) is -3.42. The van der Waals surface area contributed by atoms with Crippen molar-refractivity contribution in [1.29, 1.82) is 0 Å². The molecule has 2 spiro atoms. The summed E-state index contributed by atoms with van der Waals surface area (Å²) in [5.41, 5.74) is -0.883. The topological polar surface area (TPSA) is 88.1 Å². The molecule has 31 heavy (non-hydrogen) atoms. The predicted molar refractivity (Wildman–Crippen MR) is 111 cm³/mol. The molecule has 3 saturated heterocycles. The molecule has 4 aliphatic rings. The number of fused-ring (bicyclic) bond motifs is 3. The van der Waals surface area contributed by atoms with Crippen LogP contribution in [0.2, 0.25) is 0 Å². The molecule has 0 N–H and O–H groups in total. The molecular weight excluding hydrogens is 472 g/mol. The van der Waals surface area contributed by atoms with Crippen LogP contribution < -0.4 is 0 Å². The summed E-state index contributed by atoms with van der Waals surface area (Å²) in [6, 6.07) is 7.44. The molecule has 3 fully saturated rings. The third-order valence-corrected chi connectivity index (χ3v) is 6.29. The van der Waals surface area contributed by atoms with E-state index in [-0.39, 0.29) is 25.0 Å². The van der Waals surface area contributed by atoms with Crippen LogP contribution in [0.5, 0.6) is 0 Å². The maximum atomic E-state index is 12.9. The quantitative estimate of drug-likeness (QED) is 0.590. The molecule has 1 aromatic carbocycles. The summed E-state index contributed by atoms with van der Waals surface area (Å²) in [6.45, 7) is 8.82. The molecular formula is C21H25BrN2O7. The van der Waals surface area contributed by atoms with Crippen molar-refractivity contribution in [2.45, 2.75) is 69.9 Å². The predicted octanol–water partition coefficient (Wildman–Crippen LogP) is 2.72. The second kappa shape index (κ2) is 6.72. The molecule has 0 aromatic heterocycles. The van der Waals surface area contributed by atoms with Crippen molar-refractivity contribution in [3.63, 3.8) is 0 Å². The lowest BCUT2D eigenvalue weighted by Gasteiger charge is -2.52. The average Bonchev–Trinajstić information content (AvgIpc) is 3.32. The largest absolute Gasteiger partial charge is 0.438 e. The summed E-state index contributed by atoms with van der Waals surface area (Å²) in [5, 5.41) is 5.81. The molecule has 9 nitrogen and oxygen atoms in total. The number of hydrazone groups is 1. The van der Waals surface area contributed by atoms with E-state index in [0.717, 1.165) is 4.47 Å². The summed E-state index contributed by atoms with van der Waals surface area (Å²) in [6.07, 6.45) is -1.22. The lowest BCUT2D eigenvalue weighted by molar-refractivity contribution is -0.386. The van der Waals surface area contributed by atoms with Crippen LogP contribution in [0, 0.1) is 0 Å². The van der Waals surface area contributed by atoms with Crippen molar-refractivity contribution in [2.24, 2.45) is 5.10 Å². The lowest BCUT2D eigenvalue weighted by atomic mass is 9.88. The average molecular weight is 497 g/mol. The SMILES string of the molecule is CC(=O)N1N=C(c2ccc(Br)cc2)O[C@]12C1OC(C)(C)OC1COC21COC(C)(C)O1. The Hall–Kier alpha value is -1.56. The minimum absolute atomic E-state index is 0.0277. The van der Waals surface area contributed by atoms with Crippen molar-refractivity contribution >= 4 is 27.7 Å². The molecule has 4 atom stereocenters. The Balaban J connectivity index is 1.65. The van der Waals surface area contributed by atoms with E-state index in [0.29, 0.717) is 5.56 Å². The first-order valence-corrected chi connectivity index (χ1v) is 10.9. The Bertz CT molecular complexity index is 948. The van der Waals surface area contributed by atoms with Gasteiger partial charge in [0.25, 0.3) is 11.5 Å². The Kier molecular flexibility index (Phi) is 4.62. The summed E-state index contributed by atoms with van der Waals surface area (Å²) < 4.78 is 38.2. The van der Waals surface area contributed by atoms with Gasteiger partial charge in [-0.1, -0.05) is 15.9 Å². The fourth-order valence-electron chi connectivity index (χ4n) is 4.61. The zero-order valence-corrected chi connectivity index (χ0v) is 19.6. The number of nitrogens with zero attached hydrogens (tertiary/aromatic N) is 2. The fourth-order valence-corrected chi connectivity index (χ4v) is 4.87. The Morgan fingerprint density at radius 3 is 2.42 bits per heavy atom. The number of ether oxygens (including phenoxy) is 6. The Morgan fingerprint density at radius 1 is 1.10 bits per heavy atom. The van der Waals surface area contributed by atoms with E-state index in [1.807, 2.05) is 38.1 Å². The molecule has 4 aliphatic heterocycles. The number of rotatable bonds is 1. The summed E-state index contributed by atoms with van der Waals surface area (Å²) >= 11 is 3.43. The molecule has 0 bridgehead atoms. The molecule has 0 saturated carbocycles. The van der Waals surface area contributed by atoms with Gasteiger partial charge in [0.15, 0.2) is 17.7 Å². The van der Waals surface area contributed by atoms with Crippen molar-refractivity contribution < 1.29 is 33.2 Å². The van der Waals surface area contributed by atoms with Gasteiger partial charge in [-0.25, -0.2) is 0 Å². The van der Waals surface area contributed by atoms with Gasteiger partial charge in [-0.05, 0) is 52.0 Å². The van der Waals surface area contributed by atoms with E-state index in [2.05, 4.69) is 21.0 Å². The first kappa shape index (κ1) is 21.3. The monoisotopic (exact) mass is 496 g/mol. The number of hydrogen-bond donors (Lipinski definition) is 0. The maximum absolute atomic E-state index is 12.9. The van der Waals surface area contributed by atoms with E-state index in [1.165, 1.54) is 11.9 Å². The van der Waals surface area contributed by atoms with Crippen molar-refractivity contribution in [1.82, 2.24) is 5.01 Å². The van der Waals surface area contributed by atoms with Gasteiger partial charge in [-0.2, -0.15) is 5.01 Å². The first-order valence-electron chi connectivity index (χ1n) is 10.2.